The van der Waals surface area contributed by atoms with Crippen LogP contribution in [0.1, 0.15) is 11.1 Å². The Labute approximate surface area is 185 Å². The summed E-state index contributed by atoms with van der Waals surface area (Å²) < 4.78 is 66.9. The summed E-state index contributed by atoms with van der Waals surface area (Å²) in [6.45, 7) is 1.74. The second kappa shape index (κ2) is 14.2. The van der Waals surface area contributed by atoms with E-state index in [1.165, 1.54) is 18.2 Å². The fourth-order valence-corrected chi connectivity index (χ4v) is 1.78. The van der Waals surface area contributed by atoms with Gasteiger partial charge in [0.1, 0.15) is 28.7 Å². The largest absolute Gasteiger partial charge is 0.508 e. The predicted molar refractivity (Wildman–Crippen MR) is 111 cm³/mol. The molecule has 0 unspecified atom stereocenters. The van der Waals surface area contributed by atoms with Crippen LogP contribution in [0.25, 0.3) is 0 Å². The number of benzene rings is 2. The van der Waals surface area contributed by atoms with Crippen LogP contribution in [0.4, 0.5) is 22.0 Å². The molecule has 0 amide bonds. The number of halogens is 8. The van der Waals surface area contributed by atoms with E-state index in [2.05, 4.69) is 47.8 Å². The molecule has 0 atom stereocenters. The highest BCUT2D eigenvalue weighted by Crippen LogP contribution is 2.36. The third-order valence-electron chi connectivity index (χ3n) is 2.81. The highest BCUT2D eigenvalue weighted by atomic mass is 79.9. The van der Waals surface area contributed by atoms with Gasteiger partial charge >= 0.3 is 6.18 Å². The van der Waals surface area contributed by atoms with Crippen molar-refractivity contribution in [1.29, 1.82) is 0 Å². The van der Waals surface area contributed by atoms with Gasteiger partial charge in [-0.25, -0.2) is 8.78 Å². The minimum Gasteiger partial charge on any atom is -0.508 e. The molecule has 28 heavy (non-hydrogen) atoms. The third kappa shape index (κ3) is 11.2. The summed E-state index contributed by atoms with van der Waals surface area (Å²) in [5, 5.41) is 11.4. The zero-order valence-electron chi connectivity index (χ0n) is 14.7. The lowest BCUT2D eigenvalue weighted by molar-refractivity contribution is -0.139. The second-order valence-electron chi connectivity index (χ2n) is 4.98. The molecule has 0 fully saturated rings. The molecular weight excluding hydrogens is 583 g/mol. The van der Waals surface area contributed by atoms with E-state index < -0.39 is 17.6 Å². The van der Waals surface area contributed by atoms with Gasteiger partial charge in [-0.05, 0) is 48.9 Å². The van der Waals surface area contributed by atoms with E-state index in [1.807, 2.05) is 0 Å². The van der Waals surface area contributed by atoms with Crippen LogP contribution in [0.5, 0.6) is 11.5 Å². The average Bonchev–Trinajstić information content (AvgIpc) is 2.64. The Kier molecular flexibility index (Phi) is 13.7. The van der Waals surface area contributed by atoms with Crippen molar-refractivity contribution in [2.24, 2.45) is 0 Å². The fraction of sp³-hybridized carbons (Fsp3) is 0.333. The Morgan fingerprint density at radius 2 is 1.43 bits per heavy atom. The van der Waals surface area contributed by atoms with E-state index >= 15 is 0 Å². The van der Waals surface area contributed by atoms with Gasteiger partial charge in [0.15, 0.2) is 0 Å². The summed E-state index contributed by atoms with van der Waals surface area (Å²) in [5.41, 5.74) is -0.529. The molecular formula is C18H18Br3F5O2. The molecule has 158 valence electrons. The average molecular weight is 601 g/mol. The summed E-state index contributed by atoms with van der Waals surface area (Å²) in [5.74, 6) is -1.47. The van der Waals surface area contributed by atoms with E-state index in [1.54, 1.807) is 6.92 Å². The predicted octanol–water partition coefficient (Wildman–Crippen LogP) is 7.23. The molecule has 2 rings (SSSR count). The number of aryl methyl sites for hydroxylation is 1. The van der Waals surface area contributed by atoms with Crippen molar-refractivity contribution >= 4 is 47.8 Å². The first-order valence-electron chi connectivity index (χ1n) is 7.69. The van der Waals surface area contributed by atoms with Gasteiger partial charge in [0, 0.05) is 16.0 Å². The highest BCUT2D eigenvalue weighted by Gasteiger charge is 2.34. The van der Waals surface area contributed by atoms with E-state index in [9.17, 15) is 22.0 Å². The zero-order valence-corrected chi connectivity index (χ0v) is 19.4. The SMILES string of the molecule is BrCCBr.Cc1cc(F)ccc1O.Fc1ccc(OCCBr)c(C(F)(F)F)c1. The van der Waals surface area contributed by atoms with Gasteiger partial charge in [0.25, 0.3) is 0 Å². The quantitative estimate of drug-likeness (QED) is 0.296. The van der Waals surface area contributed by atoms with Crippen LogP contribution >= 0.6 is 47.8 Å². The Hall–Kier alpha value is -0.870. The maximum Gasteiger partial charge on any atom is 0.420 e. The van der Waals surface area contributed by atoms with Gasteiger partial charge < -0.3 is 9.84 Å². The van der Waals surface area contributed by atoms with Crippen molar-refractivity contribution in [3.05, 3.63) is 59.2 Å². The third-order valence-corrected chi connectivity index (χ3v) is 4.99. The molecule has 0 spiro atoms. The lowest BCUT2D eigenvalue weighted by atomic mass is 10.2. The minimum absolute atomic E-state index is 0.0920. The minimum atomic E-state index is -4.61. The van der Waals surface area contributed by atoms with Crippen molar-refractivity contribution in [3.8, 4) is 11.5 Å². The van der Waals surface area contributed by atoms with Crippen LogP contribution in [-0.2, 0) is 6.18 Å². The van der Waals surface area contributed by atoms with Crippen molar-refractivity contribution in [1.82, 2.24) is 0 Å². The molecule has 0 saturated heterocycles. The molecule has 0 heterocycles. The second-order valence-corrected chi connectivity index (χ2v) is 7.36. The topological polar surface area (TPSA) is 29.5 Å². The maximum absolute atomic E-state index is 12.6. The van der Waals surface area contributed by atoms with Crippen LogP contribution in [-0.4, -0.2) is 27.7 Å². The molecule has 0 bridgehead atoms. The van der Waals surface area contributed by atoms with Crippen molar-refractivity contribution in [3.63, 3.8) is 0 Å². The number of ether oxygens (including phenoxy) is 1. The van der Waals surface area contributed by atoms with E-state index in [-0.39, 0.29) is 23.9 Å². The number of aromatic hydroxyl groups is 1. The van der Waals surface area contributed by atoms with Crippen LogP contribution in [0.15, 0.2) is 36.4 Å². The Bertz CT molecular complexity index is 710. The molecule has 0 saturated carbocycles. The Balaban J connectivity index is 0.000000473. The van der Waals surface area contributed by atoms with Crippen LogP contribution in [0, 0.1) is 18.6 Å². The number of phenols is 1. The van der Waals surface area contributed by atoms with Gasteiger partial charge in [0.2, 0.25) is 0 Å². The lowest BCUT2D eigenvalue weighted by Gasteiger charge is -2.13. The first-order valence-corrected chi connectivity index (χ1v) is 11.1. The number of alkyl halides is 6. The fourth-order valence-electron chi connectivity index (χ4n) is 1.62. The Morgan fingerprint density at radius 1 is 0.893 bits per heavy atom. The maximum atomic E-state index is 12.6. The van der Waals surface area contributed by atoms with Gasteiger partial charge in [0.05, 0.1) is 6.61 Å². The van der Waals surface area contributed by atoms with E-state index in [0.29, 0.717) is 17.0 Å². The lowest BCUT2D eigenvalue weighted by Crippen LogP contribution is -2.10. The van der Waals surface area contributed by atoms with E-state index in [0.717, 1.165) is 22.8 Å². The zero-order chi connectivity index (χ0) is 21.7. The van der Waals surface area contributed by atoms with Crippen LogP contribution in [0.3, 0.4) is 0 Å². The van der Waals surface area contributed by atoms with Crippen molar-refractivity contribution in [2.45, 2.75) is 13.1 Å². The van der Waals surface area contributed by atoms with Gasteiger partial charge in [-0.3, -0.25) is 0 Å². The smallest absolute Gasteiger partial charge is 0.420 e. The number of hydrogen-bond donors (Lipinski definition) is 1. The van der Waals surface area contributed by atoms with Gasteiger partial charge in [-0.15, -0.1) is 0 Å². The molecule has 0 aliphatic rings. The normalized spacial score (nSPS) is 10.3. The Morgan fingerprint density at radius 3 is 1.86 bits per heavy atom. The van der Waals surface area contributed by atoms with Crippen molar-refractivity contribution in [2.75, 3.05) is 22.6 Å². The molecule has 0 aliphatic carbocycles. The molecule has 0 aromatic heterocycles. The molecule has 2 nitrogen and oxygen atoms in total. The van der Waals surface area contributed by atoms with Crippen LogP contribution < -0.4 is 4.74 Å². The van der Waals surface area contributed by atoms with E-state index in [4.69, 9.17) is 9.84 Å². The molecule has 0 radical (unpaired) electrons. The first kappa shape index (κ1) is 27.1. The first-order chi connectivity index (χ1) is 13.1. The highest BCUT2D eigenvalue weighted by molar-refractivity contribution is 9.12. The number of rotatable bonds is 4. The summed E-state index contributed by atoms with van der Waals surface area (Å²) in [4.78, 5) is 0. The summed E-state index contributed by atoms with van der Waals surface area (Å²) in [6.07, 6.45) is -4.61. The molecule has 0 aliphatic heterocycles. The summed E-state index contributed by atoms with van der Waals surface area (Å²) in [7, 11) is 0. The molecule has 1 N–H and O–H groups in total. The summed E-state index contributed by atoms with van der Waals surface area (Å²) >= 11 is 9.42. The van der Waals surface area contributed by atoms with Crippen molar-refractivity contribution < 1.29 is 31.8 Å². The molecule has 2 aromatic rings. The number of phenolic OH excluding ortho intramolecular Hbond substituents is 1. The molecule has 2 aromatic carbocycles. The monoisotopic (exact) mass is 598 g/mol. The van der Waals surface area contributed by atoms with Gasteiger partial charge in [-0.2, -0.15) is 13.2 Å². The summed E-state index contributed by atoms with van der Waals surface area (Å²) in [6, 6.07) is 6.17. The standard InChI is InChI=1S/C9H7BrF4O.C7H7FO.C2H4Br2/c10-3-4-15-8-2-1-6(11)5-7(8)9(12,13)14;1-5-4-6(8)2-3-7(5)9;3-1-2-4/h1-2,5H,3-4H2;2-4,9H,1H3;1-2H2. The van der Waals surface area contributed by atoms with Crippen LogP contribution in [0.2, 0.25) is 0 Å². The molecule has 10 heteroatoms. The number of hydrogen-bond acceptors (Lipinski definition) is 2. The van der Waals surface area contributed by atoms with Gasteiger partial charge in [-0.1, -0.05) is 47.8 Å².